The van der Waals surface area contributed by atoms with Crippen molar-refractivity contribution < 1.29 is 4.79 Å². The molecule has 22 heavy (non-hydrogen) atoms. The Kier molecular flexibility index (Phi) is 4.64. The summed E-state index contributed by atoms with van der Waals surface area (Å²) in [6.45, 7) is 2.62. The number of benzene rings is 1. The first-order chi connectivity index (χ1) is 10.7. The van der Waals surface area contributed by atoms with Crippen LogP contribution in [0, 0.1) is 0 Å². The van der Waals surface area contributed by atoms with E-state index in [-0.39, 0.29) is 12.3 Å². The van der Waals surface area contributed by atoms with Crippen molar-refractivity contribution in [3.8, 4) is 0 Å². The summed E-state index contributed by atoms with van der Waals surface area (Å²) < 4.78 is 0. The number of thioether (sulfide) groups is 1. The van der Waals surface area contributed by atoms with E-state index in [1.165, 1.54) is 0 Å². The van der Waals surface area contributed by atoms with Gasteiger partial charge in [0.2, 0.25) is 5.91 Å². The summed E-state index contributed by atoms with van der Waals surface area (Å²) >= 11 is 7.81. The fourth-order valence-corrected chi connectivity index (χ4v) is 3.33. The molecule has 1 aromatic heterocycles. The van der Waals surface area contributed by atoms with Gasteiger partial charge in [-0.15, -0.1) is 0 Å². The lowest BCUT2D eigenvalue weighted by Gasteiger charge is -2.17. The fraction of sp³-hybridized carbons (Fsp3) is 0.312. The fourth-order valence-electron chi connectivity index (χ4n) is 2.35. The Hall–Kier alpha value is -1.59. The summed E-state index contributed by atoms with van der Waals surface area (Å²) in [5, 5.41) is 1.03. The molecule has 1 aromatic carbocycles. The summed E-state index contributed by atoms with van der Waals surface area (Å²) in [6, 6.07) is 9.89. The Morgan fingerprint density at radius 1 is 1.27 bits per heavy atom. The molecule has 0 saturated carbocycles. The summed E-state index contributed by atoms with van der Waals surface area (Å²) in [5.74, 6) is 1.61. The number of carbonyl (C=O) groups excluding carboxylic acids is 1. The molecule has 0 bridgehead atoms. The zero-order chi connectivity index (χ0) is 15.5. The predicted octanol–water partition coefficient (Wildman–Crippen LogP) is 3.72. The van der Waals surface area contributed by atoms with Gasteiger partial charge in [0.25, 0.3) is 0 Å². The van der Waals surface area contributed by atoms with Crippen LogP contribution in [0.25, 0.3) is 0 Å². The highest BCUT2D eigenvalue weighted by molar-refractivity contribution is 7.99. The summed E-state index contributed by atoms with van der Waals surface area (Å²) in [5.41, 5.74) is 1.81. The average Bonchev–Trinajstić information content (AvgIpc) is 2.83. The number of rotatable bonds is 5. The second kappa shape index (κ2) is 6.67. The van der Waals surface area contributed by atoms with E-state index in [0.717, 1.165) is 23.3 Å². The molecule has 0 aliphatic carbocycles. The highest BCUT2D eigenvalue weighted by atomic mass is 35.5. The molecule has 2 aromatic rings. The highest BCUT2D eigenvalue weighted by Crippen LogP contribution is 2.34. The standard InChI is InChI=1S/C16H16ClN3OS/c1-2-8-22-16-18-14(17)12-9-13(21)20(15(12)19-16)10-11-6-4-3-5-7-11/h3-7H,2,8-10H2,1H3. The zero-order valence-corrected chi connectivity index (χ0v) is 13.8. The lowest BCUT2D eigenvalue weighted by molar-refractivity contribution is -0.117. The van der Waals surface area contributed by atoms with Crippen LogP contribution < -0.4 is 4.90 Å². The molecule has 6 heteroatoms. The predicted molar refractivity (Wildman–Crippen MR) is 89.4 cm³/mol. The van der Waals surface area contributed by atoms with Crippen molar-refractivity contribution in [2.24, 2.45) is 0 Å². The van der Waals surface area contributed by atoms with E-state index in [4.69, 9.17) is 11.6 Å². The lowest BCUT2D eigenvalue weighted by atomic mass is 10.2. The van der Waals surface area contributed by atoms with Gasteiger partial charge in [-0.3, -0.25) is 9.69 Å². The minimum atomic E-state index is 0.0210. The number of hydrogen-bond acceptors (Lipinski definition) is 4. The second-order valence-electron chi connectivity index (χ2n) is 5.09. The highest BCUT2D eigenvalue weighted by Gasteiger charge is 2.32. The van der Waals surface area contributed by atoms with Crippen LogP contribution in [0.15, 0.2) is 35.5 Å². The van der Waals surface area contributed by atoms with Gasteiger partial charge in [-0.1, -0.05) is 60.6 Å². The largest absolute Gasteiger partial charge is 0.292 e. The van der Waals surface area contributed by atoms with Crippen LogP contribution in [0.1, 0.15) is 24.5 Å². The van der Waals surface area contributed by atoms with Gasteiger partial charge in [-0.2, -0.15) is 0 Å². The maximum atomic E-state index is 12.3. The quantitative estimate of drug-likeness (QED) is 0.475. The van der Waals surface area contributed by atoms with Crippen LogP contribution in [-0.4, -0.2) is 21.6 Å². The van der Waals surface area contributed by atoms with E-state index in [9.17, 15) is 4.79 Å². The molecule has 0 saturated heterocycles. The Morgan fingerprint density at radius 2 is 2.05 bits per heavy atom. The lowest BCUT2D eigenvalue weighted by Crippen LogP contribution is -2.26. The van der Waals surface area contributed by atoms with Crippen LogP contribution in [0.4, 0.5) is 5.82 Å². The van der Waals surface area contributed by atoms with Crippen molar-refractivity contribution >= 4 is 35.1 Å². The number of amides is 1. The number of nitrogens with zero attached hydrogens (tertiary/aromatic N) is 3. The molecule has 0 radical (unpaired) electrons. The summed E-state index contributed by atoms with van der Waals surface area (Å²) in [7, 11) is 0. The van der Waals surface area contributed by atoms with Crippen molar-refractivity contribution in [3.05, 3.63) is 46.6 Å². The van der Waals surface area contributed by atoms with Crippen LogP contribution in [-0.2, 0) is 17.8 Å². The van der Waals surface area contributed by atoms with Crippen molar-refractivity contribution in [1.82, 2.24) is 9.97 Å². The molecule has 114 valence electrons. The van der Waals surface area contributed by atoms with E-state index in [1.807, 2.05) is 30.3 Å². The number of carbonyl (C=O) groups is 1. The first-order valence-corrected chi connectivity index (χ1v) is 8.59. The molecule has 3 rings (SSSR count). The minimum absolute atomic E-state index is 0.0210. The molecule has 0 atom stereocenters. The molecule has 0 unspecified atom stereocenters. The van der Waals surface area contributed by atoms with Gasteiger partial charge in [0.1, 0.15) is 11.0 Å². The monoisotopic (exact) mass is 333 g/mol. The van der Waals surface area contributed by atoms with Gasteiger partial charge in [0.15, 0.2) is 5.16 Å². The Bertz CT molecular complexity index is 693. The molecular formula is C16H16ClN3OS. The van der Waals surface area contributed by atoms with E-state index in [1.54, 1.807) is 16.7 Å². The topological polar surface area (TPSA) is 46.1 Å². The molecule has 4 nitrogen and oxygen atoms in total. The molecule has 2 heterocycles. The molecule has 0 spiro atoms. The van der Waals surface area contributed by atoms with E-state index >= 15 is 0 Å². The number of fused-ring (bicyclic) bond motifs is 1. The zero-order valence-electron chi connectivity index (χ0n) is 12.3. The molecule has 1 aliphatic rings. The van der Waals surface area contributed by atoms with Crippen molar-refractivity contribution in [1.29, 1.82) is 0 Å². The molecule has 0 N–H and O–H groups in total. The number of halogens is 1. The van der Waals surface area contributed by atoms with Gasteiger partial charge >= 0.3 is 0 Å². The smallest absolute Gasteiger partial charge is 0.233 e. The molecule has 1 amide bonds. The van der Waals surface area contributed by atoms with Crippen LogP contribution in [0.3, 0.4) is 0 Å². The second-order valence-corrected chi connectivity index (χ2v) is 6.51. The maximum Gasteiger partial charge on any atom is 0.233 e. The van der Waals surface area contributed by atoms with Gasteiger partial charge in [0.05, 0.1) is 13.0 Å². The van der Waals surface area contributed by atoms with Crippen molar-refractivity contribution in [2.45, 2.75) is 31.5 Å². The minimum Gasteiger partial charge on any atom is -0.292 e. The van der Waals surface area contributed by atoms with Crippen molar-refractivity contribution in [3.63, 3.8) is 0 Å². The van der Waals surface area contributed by atoms with Crippen molar-refractivity contribution in [2.75, 3.05) is 10.7 Å². The van der Waals surface area contributed by atoms with Gasteiger partial charge in [-0.05, 0) is 12.0 Å². The third-order valence-electron chi connectivity index (χ3n) is 3.42. The molecular weight excluding hydrogens is 318 g/mol. The first kappa shape index (κ1) is 15.3. The van der Waals surface area contributed by atoms with E-state index in [2.05, 4.69) is 16.9 Å². The average molecular weight is 334 g/mol. The number of hydrogen-bond donors (Lipinski definition) is 0. The van der Waals surface area contributed by atoms with E-state index < -0.39 is 0 Å². The van der Waals surface area contributed by atoms with Gasteiger partial charge in [-0.25, -0.2) is 9.97 Å². The third-order valence-corrected chi connectivity index (χ3v) is 4.78. The Labute approximate surface area is 138 Å². The number of anilines is 1. The third kappa shape index (κ3) is 3.10. The molecule has 1 aliphatic heterocycles. The normalized spacial score (nSPS) is 13.5. The molecule has 0 fully saturated rings. The number of aromatic nitrogens is 2. The van der Waals surface area contributed by atoms with Gasteiger partial charge < -0.3 is 0 Å². The maximum absolute atomic E-state index is 12.3. The first-order valence-electron chi connectivity index (χ1n) is 7.22. The Morgan fingerprint density at radius 3 is 2.77 bits per heavy atom. The summed E-state index contributed by atoms with van der Waals surface area (Å²) in [4.78, 5) is 22.9. The van der Waals surface area contributed by atoms with Crippen LogP contribution >= 0.6 is 23.4 Å². The van der Waals surface area contributed by atoms with Gasteiger partial charge in [0, 0.05) is 11.3 Å². The van der Waals surface area contributed by atoms with Crippen LogP contribution in [0.5, 0.6) is 0 Å². The van der Waals surface area contributed by atoms with Crippen LogP contribution in [0.2, 0.25) is 5.15 Å². The summed E-state index contributed by atoms with van der Waals surface area (Å²) in [6.07, 6.45) is 1.31. The SMILES string of the molecule is CCCSc1nc(Cl)c2c(n1)N(Cc1ccccc1)C(=O)C2. The Balaban J connectivity index is 1.91. The van der Waals surface area contributed by atoms with E-state index in [0.29, 0.717) is 22.7 Å².